The van der Waals surface area contributed by atoms with Gasteiger partial charge in [0.15, 0.2) is 5.82 Å². The molecule has 0 saturated carbocycles. The summed E-state index contributed by atoms with van der Waals surface area (Å²) in [6.07, 6.45) is 0. The van der Waals surface area contributed by atoms with Crippen LogP contribution in [-0.4, -0.2) is 34.8 Å². The predicted octanol–water partition coefficient (Wildman–Crippen LogP) is 0.507. The van der Waals surface area contributed by atoms with Gasteiger partial charge in [-0.3, -0.25) is 0 Å². The molecule has 0 aliphatic carbocycles. The van der Waals surface area contributed by atoms with Gasteiger partial charge in [0.05, 0.1) is 20.8 Å². The molecule has 1 heterocycles. The molecule has 0 aliphatic heterocycles. The highest BCUT2D eigenvalue weighted by atomic mass is 16.5. The lowest BCUT2D eigenvalue weighted by molar-refractivity contribution is 0.397. The van der Waals surface area contributed by atoms with E-state index in [0.717, 1.165) is 17.1 Å². The zero-order valence-electron chi connectivity index (χ0n) is 10.3. The van der Waals surface area contributed by atoms with Crippen LogP contribution in [0, 0.1) is 0 Å². The molecule has 0 radical (unpaired) electrons. The lowest BCUT2D eigenvalue weighted by Crippen LogP contribution is -2.14. The highest BCUT2D eigenvalue weighted by Crippen LogP contribution is 2.23. The van der Waals surface area contributed by atoms with Crippen LogP contribution in [0.1, 0.15) is 11.4 Å². The first-order valence-corrected chi connectivity index (χ1v) is 5.47. The molecule has 2 aromatic rings. The third kappa shape index (κ3) is 2.95. The molecule has 0 amide bonds. The van der Waals surface area contributed by atoms with Gasteiger partial charge in [-0.25, -0.2) is 0 Å². The fourth-order valence-corrected chi connectivity index (χ4v) is 1.59. The van der Waals surface area contributed by atoms with Crippen molar-refractivity contribution in [2.45, 2.75) is 13.1 Å². The first-order valence-electron chi connectivity index (χ1n) is 5.47. The van der Waals surface area contributed by atoms with Crippen LogP contribution in [0.4, 0.5) is 0 Å². The number of aromatic amines is 1. The maximum absolute atomic E-state index is 5.29. The molecule has 1 aromatic heterocycles. The Hall–Kier alpha value is -2.15. The lowest BCUT2D eigenvalue weighted by Gasteiger charge is -2.10. The topological polar surface area (TPSA) is 85.0 Å². The van der Waals surface area contributed by atoms with E-state index in [0.29, 0.717) is 18.9 Å². The van der Waals surface area contributed by atoms with Crippen molar-refractivity contribution in [3.8, 4) is 11.5 Å². The lowest BCUT2D eigenvalue weighted by atomic mass is 10.2. The zero-order chi connectivity index (χ0) is 12.8. The van der Waals surface area contributed by atoms with Crippen LogP contribution in [-0.2, 0) is 13.1 Å². The maximum atomic E-state index is 5.29. The smallest absolute Gasteiger partial charge is 0.188 e. The van der Waals surface area contributed by atoms with Crippen LogP contribution in [0.3, 0.4) is 0 Å². The summed E-state index contributed by atoms with van der Waals surface area (Å²) in [5.74, 6) is 2.24. The quantitative estimate of drug-likeness (QED) is 0.775. The minimum absolute atomic E-state index is 0.539. The fraction of sp³-hybridized carbons (Fsp3) is 0.364. The van der Waals surface area contributed by atoms with Crippen LogP contribution in [0.2, 0.25) is 0 Å². The first-order chi connectivity index (χ1) is 8.83. The van der Waals surface area contributed by atoms with Gasteiger partial charge >= 0.3 is 0 Å². The number of H-pyrrole nitrogens is 1. The number of nitrogens with one attached hydrogen (secondary N) is 2. The van der Waals surface area contributed by atoms with E-state index in [9.17, 15) is 0 Å². The molecule has 0 spiro atoms. The number of rotatable bonds is 6. The van der Waals surface area contributed by atoms with Crippen LogP contribution in [0.25, 0.3) is 0 Å². The molecular weight excluding hydrogens is 234 g/mol. The second-order valence-corrected chi connectivity index (χ2v) is 3.61. The van der Waals surface area contributed by atoms with Crippen molar-refractivity contribution in [1.82, 2.24) is 25.9 Å². The summed E-state index contributed by atoms with van der Waals surface area (Å²) in [4.78, 5) is 0. The third-order valence-electron chi connectivity index (χ3n) is 2.48. The number of tetrazole rings is 1. The van der Waals surface area contributed by atoms with Crippen molar-refractivity contribution in [2.24, 2.45) is 0 Å². The van der Waals surface area contributed by atoms with Gasteiger partial charge in [0, 0.05) is 12.1 Å². The predicted molar refractivity (Wildman–Crippen MR) is 64.3 cm³/mol. The van der Waals surface area contributed by atoms with Crippen molar-refractivity contribution in [3.05, 3.63) is 29.6 Å². The summed E-state index contributed by atoms with van der Waals surface area (Å²) >= 11 is 0. The summed E-state index contributed by atoms with van der Waals surface area (Å²) in [6.45, 7) is 1.17. The molecule has 0 atom stereocenters. The van der Waals surface area contributed by atoms with E-state index in [1.54, 1.807) is 14.2 Å². The second kappa shape index (κ2) is 5.97. The van der Waals surface area contributed by atoms with Gasteiger partial charge in [-0.1, -0.05) is 5.21 Å². The molecule has 2 rings (SSSR count). The van der Waals surface area contributed by atoms with Crippen molar-refractivity contribution in [3.63, 3.8) is 0 Å². The van der Waals surface area contributed by atoms with Gasteiger partial charge in [0.25, 0.3) is 0 Å². The SMILES string of the molecule is COc1ccc(OC)c(CNCc2nn[nH]n2)c1. The van der Waals surface area contributed by atoms with Gasteiger partial charge in [-0.15, -0.1) is 10.2 Å². The molecule has 1 aromatic carbocycles. The van der Waals surface area contributed by atoms with E-state index in [1.807, 2.05) is 18.2 Å². The van der Waals surface area contributed by atoms with E-state index in [2.05, 4.69) is 25.9 Å². The second-order valence-electron chi connectivity index (χ2n) is 3.61. The summed E-state index contributed by atoms with van der Waals surface area (Å²) in [5.41, 5.74) is 1.01. The van der Waals surface area contributed by atoms with Crippen LogP contribution in [0.15, 0.2) is 18.2 Å². The Morgan fingerprint density at radius 1 is 1.22 bits per heavy atom. The van der Waals surface area contributed by atoms with Crippen LogP contribution >= 0.6 is 0 Å². The molecule has 0 unspecified atom stereocenters. The molecule has 0 saturated heterocycles. The van der Waals surface area contributed by atoms with Gasteiger partial charge in [0.1, 0.15) is 11.5 Å². The highest BCUT2D eigenvalue weighted by molar-refractivity contribution is 5.40. The third-order valence-corrected chi connectivity index (χ3v) is 2.48. The Morgan fingerprint density at radius 3 is 2.78 bits per heavy atom. The number of methoxy groups -OCH3 is 2. The Morgan fingerprint density at radius 2 is 2.11 bits per heavy atom. The number of hydrogen-bond acceptors (Lipinski definition) is 6. The number of ether oxygens (including phenoxy) is 2. The summed E-state index contributed by atoms with van der Waals surface area (Å²) in [5, 5.41) is 16.8. The molecule has 2 N–H and O–H groups in total. The average molecular weight is 249 g/mol. The van der Waals surface area contributed by atoms with Crippen molar-refractivity contribution in [2.75, 3.05) is 14.2 Å². The standard InChI is InChI=1S/C11H15N5O2/c1-17-9-3-4-10(18-2)8(5-9)6-12-7-11-13-15-16-14-11/h3-5,12H,6-7H2,1-2H3,(H,13,14,15,16). The van der Waals surface area contributed by atoms with Crippen molar-refractivity contribution in [1.29, 1.82) is 0 Å². The first kappa shape index (κ1) is 12.3. The van der Waals surface area contributed by atoms with Crippen LogP contribution in [0.5, 0.6) is 11.5 Å². The molecule has 0 fully saturated rings. The molecule has 18 heavy (non-hydrogen) atoms. The Bertz CT molecular complexity index is 486. The molecular formula is C11H15N5O2. The van der Waals surface area contributed by atoms with E-state index >= 15 is 0 Å². The molecule has 96 valence electrons. The fourth-order valence-electron chi connectivity index (χ4n) is 1.59. The summed E-state index contributed by atoms with van der Waals surface area (Å²) in [7, 11) is 3.28. The van der Waals surface area contributed by atoms with Gasteiger partial charge in [0.2, 0.25) is 0 Å². The molecule has 0 bridgehead atoms. The Kier molecular flexibility index (Phi) is 4.08. The van der Waals surface area contributed by atoms with Gasteiger partial charge in [-0.2, -0.15) is 5.21 Å². The molecule has 7 heteroatoms. The van der Waals surface area contributed by atoms with Crippen molar-refractivity contribution >= 4 is 0 Å². The zero-order valence-corrected chi connectivity index (χ0v) is 10.3. The monoisotopic (exact) mass is 249 g/mol. The largest absolute Gasteiger partial charge is 0.497 e. The number of nitrogens with zero attached hydrogens (tertiary/aromatic N) is 3. The Balaban J connectivity index is 1.98. The normalized spacial score (nSPS) is 10.3. The van der Waals surface area contributed by atoms with E-state index in [1.165, 1.54) is 0 Å². The molecule has 0 aliphatic rings. The number of aromatic nitrogens is 4. The number of hydrogen-bond donors (Lipinski definition) is 2. The number of benzene rings is 1. The van der Waals surface area contributed by atoms with E-state index in [4.69, 9.17) is 9.47 Å². The summed E-state index contributed by atoms with van der Waals surface area (Å²) < 4.78 is 10.5. The highest BCUT2D eigenvalue weighted by Gasteiger charge is 2.05. The van der Waals surface area contributed by atoms with Crippen molar-refractivity contribution < 1.29 is 9.47 Å². The van der Waals surface area contributed by atoms with Crippen LogP contribution < -0.4 is 14.8 Å². The van der Waals surface area contributed by atoms with Gasteiger partial charge in [-0.05, 0) is 18.2 Å². The van der Waals surface area contributed by atoms with E-state index in [-0.39, 0.29) is 0 Å². The van der Waals surface area contributed by atoms with Gasteiger partial charge < -0.3 is 14.8 Å². The summed E-state index contributed by atoms with van der Waals surface area (Å²) in [6, 6.07) is 5.67. The minimum atomic E-state index is 0.539. The maximum Gasteiger partial charge on any atom is 0.188 e. The minimum Gasteiger partial charge on any atom is -0.497 e. The Labute approximate surface area is 104 Å². The molecule has 7 nitrogen and oxygen atoms in total. The average Bonchev–Trinajstić information content (AvgIpc) is 2.92. The van der Waals surface area contributed by atoms with E-state index < -0.39 is 0 Å².